The molecule has 4 rings (SSSR count). The maximum atomic E-state index is 13.7. The third-order valence-electron chi connectivity index (χ3n) is 5.37. The minimum Gasteiger partial charge on any atom is -0.340 e. The number of likely N-dealkylation sites (tertiary alicyclic amines) is 1. The molecule has 1 aromatic carbocycles. The van der Waals surface area contributed by atoms with Crippen LogP contribution < -0.4 is 5.32 Å². The van der Waals surface area contributed by atoms with Crippen molar-refractivity contribution in [3.05, 3.63) is 66.5 Å². The summed E-state index contributed by atoms with van der Waals surface area (Å²) >= 11 is 0. The first-order valence-corrected chi connectivity index (χ1v) is 10.8. The highest BCUT2D eigenvalue weighted by atomic mass is 19.1. The third-order valence-corrected chi connectivity index (χ3v) is 5.37. The predicted molar refractivity (Wildman–Crippen MR) is 122 cm³/mol. The summed E-state index contributed by atoms with van der Waals surface area (Å²) < 4.78 is 13.7. The van der Waals surface area contributed by atoms with Crippen molar-refractivity contribution in [2.24, 2.45) is 0 Å². The van der Waals surface area contributed by atoms with E-state index in [9.17, 15) is 9.18 Å². The summed E-state index contributed by atoms with van der Waals surface area (Å²) in [5.41, 5.74) is 2.14. The van der Waals surface area contributed by atoms with Gasteiger partial charge in [0.2, 0.25) is 5.91 Å². The normalized spacial score (nSPS) is 16.2. The van der Waals surface area contributed by atoms with Crippen LogP contribution in [-0.2, 0) is 4.79 Å². The van der Waals surface area contributed by atoms with Crippen LogP contribution in [0.1, 0.15) is 31.1 Å². The molecule has 1 N–H and O–H groups in total. The zero-order chi connectivity index (χ0) is 22.5. The van der Waals surface area contributed by atoms with E-state index in [0.717, 1.165) is 24.8 Å². The summed E-state index contributed by atoms with van der Waals surface area (Å²) in [4.78, 5) is 30.5. The number of anilines is 2. The van der Waals surface area contributed by atoms with Crippen LogP contribution in [0.3, 0.4) is 0 Å². The maximum absolute atomic E-state index is 13.7. The molecule has 1 aliphatic heterocycles. The number of aromatic nitrogens is 3. The summed E-state index contributed by atoms with van der Waals surface area (Å²) in [6.07, 6.45) is 6.22. The topological polar surface area (TPSA) is 74.2 Å². The summed E-state index contributed by atoms with van der Waals surface area (Å²) in [5.74, 6) is 0.862. The van der Waals surface area contributed by atoms with Gasteiger partial charge >= 0.3 is 0 Å². The minimum absolute atomic E-state index is 0.0646. The summed E-state index contributed by atoms with van der Waals surface area (Å²) in [5, 5.41) is 3.19. The molecule has 0 radical (unpaired) electrons. The van der Waals surface area contributed by atoms with E-state index in [0.29, 0.717) is 36.1 Å². The Labute approximate surface area is 187 Å². The van der Waals surface area contributed by atoms with Gasteiger partial charge in [0.25, 0.3) is 0 Å². The number of pyridine rings is 1. The van der Waals surface area contributed by atoms with E-state index in [2.05, 4.69) is 10.3 Å². The fourth-order valence-electron chi connectivity index (χ4n) is 3.92. The first-order valence-electron chi connectivity index (χ1n) is 10.8. The highest BCUT2D eigenvalue weighted by Crippen LogP contribution is 2.32. The second-order valence-electron chi connectivity index (χ2n) is 8.21. The van der Waals surface area contributed by atoms with Gasteiger partial charge < -0.3 is 15.1 Å². The lowest BCUT2D eigenvalue weighted by molar-refractivity contribution is -0.135. The molecule has 32 heavy (non-hydrogen) atoms. The van der Waals surface area contributed by atoms with Gasteiger partial charge in [-0.05, 0) is 63.7 Å². The van der Waals surface area contributed by atoms with Crippen molar-refractivity contribution >= 4 is 17.4 Å². The van der Waals surface area contributed by atoms with Crippen molar-refractivity contribution in [3.63, 3.8) is 0 Å². The van der Waals surface area contributed by atoms with E-state index in [4.69, 9.17) is 9.97 Å². The Balaban J connectivity index is 1.73. The molecule has 3 aromatic rings. The monoisotopic (exact) mass is 434 g/mol. The maximum Gasteiger partial charge on any atom is 0.237 e. The number of hydrogen-bond acceptors (Lipinski definition) is 6. The molecule has 1 saturated heterocycles. The van der Waals surface area contributed by atoms with Gasteiger partial charge in [-0.3, -0.25) is 9.78 Å². The number of piperidine rings is 1. The van der Waals surface area contributed by atoms with Gasteiger partial charge in [0, 0.05) is 36.3 Å². The number of benzene rings is 1. The molecule has 8 heteroatoms. The molecule has 1 amide bonds. The quantitative estimate of drug-likeness (QED) is 0.631. The number of carbonyl (C=O) groups excluding carboxylic acids is 1. The molecule has 1 fully saturated rings. The van der Waals surface area contributed by atoms with Crippen molar-refractivity contribution in [3.8, 4) is 11.3 Å². The number of rotatable bonds is 6. The van der Waals surface area contributed by atoms with Crippen molar-refractivity contribution in [2.75, 3.05) is 32.5 Å². The highest BCUT2D eigenvalue weighted by Gasteiger charge is 2.30. The second-order valence-corrected chi connectivity index (χ2v) is 8.21. The molecule has 0 saturated carbocycles. The number of nitrogens with one attached hydrogen (secondary N) is 1. The molecule has 0 bridgehead atoms. The van der Waals surface area contributed by atoms with Gasteiger partial charge in [0.05, 0.1) is 18.3 Å². The molecule has 1 atom stereocenters. The standard InChI is InChI=1S/C24H27FN6O/c1-30(2)16-23(32)31-12-4-3-10-21(31)24-28-20(17-7-6-11-26-15-17)14-22(29-24)27-19-9-5-8-18(25)13-19/h5-9,11,13-15,21H,3-4,10,12,16H2,1-2H3,(H,27,28,29). The first-order chi connectivity index (χ1) is 15.5. The Morgan fingerprint density at radius 3 is 2.81 bits per heavy atom. The molecule has 0 spiro atoms. The zero-order valence-electron chi connectivity index (χ0n) is 18.3. The fraction of sp³-hybridized carbons (Fsp3) is 0.333. The summed E-state index contributed by atoms with van der Waals surface area (Å²) in [7, 11) is 3.77. The van der Waals surface area contributed by atoms with Crippen LogP contribution >= 0.6 is 0 Å². The summed E-state index contributed by atoms with van der Waals surface area (Å²) in [6.45, 7) is 1.03. The molecule has 166 valence electrons. The number of carbonyl (C=O) groups is 1. The van der Waals surface area contributed by atoms with Gasteiger partial charge in [-0.1, -0.05) is 6.07 Å². The molecule has 3 heterocycles. The van der Waals surface area contributed by atoms with E-state index >= 15 is 0 Å². The Hall–Kier alpha value is -3.39. The van der Waals surface area contributed by atoms with E-state index in [-0.39, 0.29) is 17.8 Å². The molecule has 0 aliphatic carbocycles. The van der Waals surface area contributed by atoms with Crippen molar-refractivity contribution in [1.29, 1.82) is 0 Å². The molecule has 1 aliphatic rings. The second kappa shape index (κ2) is 9.82. The van der Waals surface area contributed by atoms with Crippen LogP contribution in [0.15, 0.2) is 54.9 Å². The Bertz CT molecular complexity index is 1080. The zero-order valence-corrected chi connectivity index (χ0v) is 18.3. The lowest BCUT2D eigenvalue weighted by Crippen LogP contribution is -2.43. The van der Waals surface area contributed by atoms with Crippen LogP contribution in [-0.4, -0.2) is 57.8 Å². The van der Waals surface area contributed by atoms with Gasteiger partial charge in [0.1, 0.15) is 11.6 Å². The van der Waals surface area contributed by atoms with Gasteiger partial charge in [-0.25, -0.2) is 14.4 Å². The van der Waals surface area contributed by atoms with E-state index in [1.807, 2.05) is 42.1 Å². The van der Waals surface area contributed by atoms with Crippen molar-refractivity contribution in [1.82, 2.24) is 24.8 Å². The van der Waals surface area contributed by atoms with E-state index in [1.54, 1.807) is 24.5 Å². The van der Waals surface area contributed by atoms with Crippen LogP contribution in [0.5, 0.6) is 0 Å². The van der Waals surface area contributed by atoms with Crippen LogP contribution in [0.2, 0.25) is 0 Å². The average Bonchev–Trinajstić information content (AvgIpc) is 2.79. The predicted octanol–water partition coefficient (Wildman–Crippen LogP) is 4.04. The van der Waals surface area contributed by atoms with Crippen molar-refractivity contribution in [2.45, 2.75) is 25.3 Å². The number of halogens is 1. The first kappa shape index (κ1) is 21.8. The van der Waals surface area contributed by atoms with Crippen LogP contribution in [0.25, 0.3) is 11.3 Å². The van der Waals surface area contributed by atoms with Crippen molar-refractivity contribution < 1.29 is 9.18 Å². The van der Waals surface area contributed by atoms with E-state index in [1.165, 1.54) is 12.1 Å². The summed E-state index contributed by atoms with van der Waals surface area (Å²) in [6, 6.07) is 11.6. The molecular weight excluding hydrogens is 407 g/mol. The molecule has 2 aromatic heterocycles. The fourth-order valence-corrected chi connectivity index (χ4v) is 3.92. The van der Waals surface area contributed by atoms with E-state index < -0.39 is 0 Å². The lowest BCUT2D eigenvalue weighted by atomic mass is 10.0. The average molecular weight is 435 g/mol. The molecular formula is C24H27FN6O. The van der Waals surface area contributed by atoms with Crippen LogP contribution in [0, 0.1) is 5.82 Å². The smallest absolute Gasteiger partial charge is 0.237 e. The minimum atomic E-state index is -0.329. The van der Waals surface area contributed by atoms with Gasteiger partial charge in [-0.2, -0.15) is 0 Å². The van der Waals surface area contributed by atoms with Gasteiger partial charge in [0.15, 0.2) is 5.82 Å². The number of likely N-dealkylation sites (N-methyl/N-ethyl adjacent to an activating group) is 1. The Morgan fingerprint density at radius 2 is 2.06 bits per heavy atom. The Kier molecular flexibility index (Phi) is 6.70. The molecule has 7 nitrogen and oxygen atoms in total. The number of nitrogens with zero attached hydrogens (tertiary/aromatic N) is 5. The SMILES string of the molecule is CN(C)CC(=O)N1CCCCC1c1nc(Nc2cccc(F)c2)cc(-c2cccnc2)n1. The van der Waals surface area contributed by atoms with Crippen LogP contribution in [0.4, 0.5) is 15.9 Å². The third kappa shape index (κ3) is 5.26. The highest BCUT2D eigenvalue weighted by molar-refractivity contribution is 5.79. The largest absolute Gasteiger partial charge is 0.340 e. The molecule has 1 unspecified atom stereocenters. The Morgan fingerprint density at radius 1 is 1.19 bits per heavy atom. The van der Waals surface area contributed by atoms with Gasteiger partial charge in [-0.15, -0.1) is 0 Å². The lowest BCUT2D eigenvalue weighted by Gasteiger charge is -2.35. The number of hydrogen-bond donors (Lipinski definition) is 1. The number of amides is 1.